The van der Waals surface area contributed by atoms with E-state index in [0.717, 1.165) is 13.1 Å². The summed E-state index contributed by atoms with van der Waals surface area (Å²) in [5.41, 5.74) is 12.2. The first-order chi connectivity index (χ1) is 7.61. The molecular weight excluding hydrogens is 231 g/mol. The second-order valence-corrected chi connectivity index (χ2v) is 4.15. The first-order valence-corrected chi connectivity index (χ1v) is 5.47. The summed E-state index contributed by atoms with van der Waals surface area (Å²) in [6, 6.07) is 1.50. The molecule has 0 aromatic heterocycles. The summed E-state index contributed by atoms with van der Waals surface area (Å²) in [4.78, 5) is 1.88. The van der Waals surface area contributed by atoms with Gasteiger partial charge in [0, 0.05) is 26.2 Å². The van der Waals surface area contributed by atoms with Crippen LogP contribution < -0.4 is 21.7 Å². The van der Waals surface area contributed by atoms with Crippen molar-refractivity contribution in [3.05, 3.63) is 16.9 Å². The Kier molecular flexibility index (Phi) is 3.07. The molecule has 1 saturated heterocycles. The van der Waals surface area contributed by atoms with Crippen LogP contribution in [0, 0.1) is 5.82 Å². The van der Waals surface area contributed by atoms with Crippen molar-refractivity contribution >= 4 is 28.7 Å². The Labute approximate surface area is 98.3 Å². The summed E-state index contributed by atoms with van der Waals surface area (Å²) in [6.07, 6.45) is 0. The van der Waals surface area contributed by atoms with Crippen molar-refractivity contribution in [1.29, 1.82) is 0 Å². The van der Waals surface area contributed by atoms with E-state index in [2.05, 4.69) is 5.32 Å². The first-order valence-electron chi connectivity index (χ1n) is 5.10. The van der Waals surface area contributed by atoms with Crippen LogP contribution in [-0.4, -0.2) is 26.2 Å². The Balaban J connectivity index is 2.42. The summed E-state index contributed by atoms with van der Waals surface area (Å²) >= 11 is 5.78. The predicted octanol–water partition coefficient (Wildman–Crippen LogP) is 1.05. The van der Waals surface area contributed by atoms with Crippen molar-refractivity contribution in [2.75, 3.05) is 42.5 Å². The van der Waals surface area contributed by atoms with Gasteiger partial charge < -0.3 is 21.7 Å². The number of nitrogens with two attached hydrogens (primary N) is 2. The SMILES string of the molecule is Nc1cc(N)c(N2CCNCC2)c(F)c1Cl. The summed E-state index contributed by atoms with van der Waals surface area (Å²) in [6.45, 7) is 3.03. The summed E-state index contributed by atoms with van der Waals surface area (Å²) < 4.78 is 14.0. The van der Waals surface area contributed by atoms with Gasteiger partial charge in [-0.25, -0.2) is 4.39 Å². The Hall–Kier alpha value is -1.20. The molecule has 0 unspecified atom stereocenters. The number of halogens is 2. The number of nitrogens with zero attached hydrogens (tertiary/aromatic N) is 1. The third-order valence-electron chi connectivity index (χ3n) is 2.67. The smallest absolute Gasteiger partial charge is 0.169 e. The van der Waals surface area contributed by atoms with Gasteiger partial charge in [0.1, 0.15) is 5.02 Å². The average Bonchev–Trinajstić information content (AvgIpc) is 2.28. The Morgan fingerprint density at radius 2 is 1.88 bits per heavy atom. The molecule has 88 valence electrons. The van der Waals surface area contributed by atoms with Gasteiger partial charge in [-0.3, -0.25) is 0 Å². The van der Waals surface area contributed by atoms with Gasteiger partial charge in [-0.2, -0.15) is 0 Å². The van der Waals surface area contributed by atoms with Gasteiger partial charge in [-0.15, -0.1) is 0 Å². The fraction of sp³-hybridized carbons (Fsp3) is 0.400. The van der Waals surface area contributed by atoms with Crippen molar-refractivity contribution in [1.82, 2.24) is 5.32 Å². The molecule has 2 rings (SSSR count). The van der Waals surface area contributed by atoms with E-state index < -0.39 is 5.82 Å². The monoisotopic (exact) mass is 244 g/mol. The van der Waals surface area contributed by atoms with E-state index in [1.807, 2.05) is 4.90 Å². The minimum Gasteiger partial charge on any atom is -0.397 e. The largest absolute Gasteiger partial charge is 0.397 e. The number of hydrogen-bond acceptors (Lipinski definition) is 4. The minimum atomic E-state index is -0.527. The fourth-order valence-corrected chi connectivity index (χ4v) is 2.01. The van der Waals surface area contributed by atoms with Crippen molar-refractivity contribution in [3.8, 4) is 0 Å². The molecule has 0 amide bonds. The topological polar surface area (TPSA) is 67.3 Å². The van der Waals surface area contributed by atoms with Gasteiger partial charge in [0.15, 0.2) is 5.82 Å². The van der Waals surface area contributed by atoms with Gasteiger partial charge in [0.25, 0.3) is 0 Å². The number of piperazine rings is 1. The van der Waals surface area contributed by atoms with E-state index in [4.69, 9.17) is 23.1 Å². The fourth-order valence-electron chi connectivity index (χ4n) is 1.87. The van der Waals surface area contributed by atoms with Crippen LogP contribution >= 0.6 is 11.6 Å². The van der Waals surface area contributed by atoms with Crippen LogP contribution in [-0.2, 0) is 0 Å². The third kappa shape index (κ3) is 1.88. The number of anilines is 3. The van der Waals surface area contributed by atoms with E-state index in [1.54, 1.807) is 0 Å². The molecule has 1 fully saturated rings. The molecule has 1 aromatic carbocycles. The standard InChI is InChI=1S/C10H14ClFN4/c11-8-6(13)5-7(14)10(9(8)12)16-3-1-15-2-4-16/h5,15H,1-4,13-14H2. The lowest BCUT2D eigenvalue weighted by atomic mass is 10.2. The highest BCUT2D eigenvalue weighted by Gasteiger charge is 2.21. The highest BCUT2D eigenvalue weighted by Crippen LogP contribution is 2.36. The molecular formula is C10H14ClFN4. The van der Waals surface area contributed by atoms with Gasteiger partial charge in [-0.05, 0) is 6.07 Å². The molecule has 6 heteroatoms. The van der Waals surface area contributed by atoms with Crippen LogP contribution in [0.15, 0.2) is 6.07 Å². The molecule has 16 heavy (non-hydrogen) atoms. The van der Waals surface area contributed by atoms with Crippen LogP contribution in [0.2, 0.25) is 5.02 Å². The van der Waals surface area contributed by atoms with E-state index in [1.165, 1.54) is 6.07 Å². The van der Waals surface area contributed by atoms with Crippen molar-refractivity contribution in [2.45, 2.75) is 0 Å². The number of nitrogen functional groups attached to an aromatic ring is 2. The van der Waals surface area contributed by atoms with Crippen molar-refractivity contribution in [3.63, 3.8) is 0 Å². The molecule has 5 N–H and O–H groups in total. The Morgan fingerprint density at radius 3 is 2.50 bits per heavy atom. The van der Waals surface area contributed by atoms with Gasteiger partial charge in [0.2, 0.25) is 0 Å². The molecule has 0 spiro atoms. The molecule has 0 bridgehead atoms. The maximum atomic E-state index is 14.0. The predicted molar refractivity (Wildman–Crippen MR) is 65.3 cm³/mol. The maximum Gasteiger partial charge on any atom is 0.169 e. The molecule has 0 atom stereocenters. The van der Waals surface area contributed by atoms with E-state index >= 15 is 0 Å². The lowest BCUT2D eigenvalue weighted by Crippen LogP contribution is -2.44. The van der Waals surface area contributed by atoms with Gasteiger partial charge in [0.05, 0.1) is 17.1 Å². The normalized spacial score (nSPS) is 16.5. The Morgan fingerprint density at radius 1 is 1.25 bits per heavy atom. The minimum absolute atomic E-state index is 0.0530. The number of rotatable bonds is 1. The van der Waals surface area contributed by atoms with E-state index in [0.29, 0.717) is 24.5 Å². The zero-order valence-electron chi connectivity index (χ0n) is 8.76. The van der Waals surface area contributed by atoms with Gasteiger partial charge in [-0.1, -0.05) is 11.6 Å². The van der Waals surface area contributed by atoms with Crippen molar-refractivity contribution < 1.29 is 4.39 Å². The van der Waals surface area contributed by atoms with Crippen LogP contribution in [0.25, 0.3) is 0 Å². The quantitative estimate of drug-likeness (QED) is 0.646. The average molecular weight is 245 g/mol. The zero-order chi connectivity index (χ0) is 11.7. The maximum absolute atomic E-state index is 14.0. The van der Waals surface area contributed by atoms with E-state index in [9.17, 15) is 4.39 Å². The highest BCUT2D eigenvalue weighted by atomic mass is 35.5. The molecule has 1 heterocycles. The molecule has 0 saturated carbocycles. The molecule has 0 aliphatic carbocycles. The molecule has 1 aliphatic heterocycles. The molecule has 4 nitrogen and oxygen atoms in total. The zero-order valence-corrected chi connectivity index (χ0v) is 9.52. The van der Waals surface area contributed by atoms with Crippen LogP contribution in [0.3, 0.4) is 0 Å². The molecule has 0 radical (unpaired) electrons. The lowest BCUT2D eigenvalue weighted by molar-refractivity contribution is 0.567. The Bertz CT molecular complexity index is 404. The summed E-state index contributed by atoms with van der Waals surface area (Å²) in [7, 11) is 0. The first kappa shape index (κ1) is 11.3. The second kappa shape index (κ2) is 4.35. The molecule has 1 aromatic rings. The second-order valence-electron chi connectivity index (χ2n) is 3.77. The van der Waals surface area contributed by atoms with Crippen molar-refractivity contribution in [2.24, 2.45) is 0 Å². The van der Waals surface area contributed by atoms with Gasteiger partial charge >= 0.3 is 0 Å². The number of hydrogen-bond donors (Lipinski definition) is 3. The van der Waals surface area contributed by atoms with Crippen LogP contribution in [0.5, 0.6) is 0 Å². The van der Waals surface area contributed by atoms with Crippen LogP contribution in [0.1, 0.15) is 0 Å². The summed E-state index contributed by atoms with van der Waals surface area (Å²) in [5.74, 6) is -0.527. The van der Waals surface area contributed by atoms with Crippen LogP contribution in [0.4, 0.5) is 21.5 Å². The molecule has 1 aliphatic rings. The number of nitrogens with one attached hydrogen (secondary N) is 1. The third-order valence-corrected chi connectivity index (χ3v) is 3.06. The summed E-state index contributed by atoms with van der Waals surface area (Å²) in [5, 5.41) is 3.13. The highest BCUT2D eigenvalue weighted by molar-refractivity contribution is 6.33. The lowest BCUT2D eigenvalue weighted by Gasteiger charge is -2.31. The number of benzene rings is 1. The van der Waals surface area contributed by atoms with E-state index in [-0.39, 0.29) is 10.7 Å².